The van der Waals surface area contributed by atoms with Gasteiger partial charge in [0.1, 0.15) is 6.54 Å². The number of nitrogens with zero attached hydrogens (tertiary/aromatic N) is 2. The summed E-state index contributed by atoms with van der Waals surface area (Å²) in [5.74, 6) is -1.01. The number of hydrogen-bond acceptors (Lipinski definition) is 4. The van der Waals surface area contributed by atoms with Gasteiger partial charge in [0, 0.05) is 38.8 Å². The lowest BCUT2D eigenvalue weighted by molar-refractivity contribution is -0.137. The lowest BCUT2D eigenvalue weighted by Crippen LogP contribution is -2.48. The zero-order chi connectivity index (χ0) is 14.5. The third kappa shape index (κ3) is 4.35. The van der Waals surface area contributed by atoms with E-state index >= 15 is 0 Å². The van der Waals surface area contributed by atoms with Crippen molar-refractivity contribution in [2.45, 2.75) is 31.3 Å². The largest absolute Gasteiger partial charge is 0.480 e. The molecular weight excluding hydrogens is 262 g/mol. The van der Waals surface area contributed by atoms with Crippen molar-refractivity contribution in [2.24, 2.45) is 0 Å². The second-order valence-electron chi connectivity index (χ2n) is 5.47. The molecule has 1 heterocycles. The summed E-state index contributed by atoms with van der Waals surface area (Å²) in [4.78, 5) is 26.6. The summed E-state index contributed by atoms with van der Waals surface area (Å²) in [6.07, 6.45) is 3.46. The molecule has 2 amide bonds. The summed E-state index contributed by atoms with van der Waals surface area (Å²) in [5.41, 5.74) is 0. The van der Waals surface area contributed by atoms with Crippen LogP contribution < -0.4 is 5.32 Å². The molecule has 1 aliphatic heterocycles. The third-order valence-electron chi connectivity index (χ3n) is 3.79. The van der Waals surface area contributed by atoms with E-state index in [9.17, 15) is 9.59 Å². The molecule has 2 fully saturated rings. The molecule has 0 aromatic rings. The van der Waals surface area contributed by atoms with Crippen molar-refractivity contribution < 1.29 is 19.4 Å². The molecule has 0 aromatic heterocycles. The fraction of sp³-hybridized carbons (Fsp3) is 0.846. The Kier molecular flexibility index (Phi) is 5.19. The first kappa shape index (κ1) is 15.1. The Hall–Kier alpha value is -1.34. The molecule has 0 radical (unpaired) electrons. The number of urea groups is 1. The number of likely N-dealkylation sites (tertiary alicyclic amines) is 1. The minimum atomic E-state index is -1.01. The standard InChI is InChI=1S/C13H23N3O4/c1-20-7-6-16(9-12(17)18)13(19)14-10-4-5-15(8-10)11-2-3-11/h10-11H,2-9H2,1H3,(H,14,19)(H,17,18). The molecule has 1 unspecified atom stereocenters. The molecule has 1 saturated heterocycles. The maximum atomic E-state index is 12.1. The van der Waals surface area contributed by atoms with Crippen LogP contribution in [0.1, 0.15) is 19.3 Å². The zero-order valence-electron chi connectivity index (χ0n) is 11.9. The van der Waals surface area contributed by atoms with Crippen molar-refractivity contribution in [2.75, 3.05) is 39.9 Å². The van der Waals surface area contributed by atoms with E-state index in [0.717, 1.165) is 19.5 Å². The van der Waals surface area contributed by atoms with E-state index in [1.807, 2.05) is 0 Å². The second kappa shape index (κ2) is 6.90. The topological polar surface area (TPSA) is 82.1 Å². The first-order chi connectivity index (χ1) is 9.60. The van der Waals surface area contributed by atoms with Gasteiger partial charge in [0.2, 0.25) is 0 Å². The number of nitrogens with one attached hydrogen (secondary N) is 1. The number of carbonyl (C=O) groups excluding carboxylic acids is 1. The van der Waals surface area contributed by atoms with Crippen LogP contribution in [-0.2, 0) is 9.53 Å². The Morgan fingerprint density at radius 3 is 2.75 bits per heavy atom. The number of aliphatic carboxylic acids is 1. The molecule has 1 saturated carbocycles. The van der Waals surface area contributed by atoms with Gasteiger partial charge in [0.25, 0.3) is 0 Å². The predicted octanol–water partition coefficient (Wildman–Crippen LogP) is -0.0343. The first-order valence-electron chi connectivity index (χ1n) is 7.10. The maximum Gasteiger partial charge on any atom is 0.323 e. The summed E-state index contributed by atoms with van der Waals surface area (Å²) >= 11 is 0. The van der Waals surface area contributed by atoms with Gasteiger partial charge in [0.05, 0.1) is 6.61 Å². The van der Waals surface area contributed by atoms with Crippen molar-refractivity contribution in [1.29, 1.82) is 0 Å². The van der Waals surface area contributed by atoms with Crippen LogP contribution in [0, 0.1) is 0 Å². The number of amides is 2. The van der Waals surface area contributed by atoms with E-state index in [0.29, 0.717) is 12.6 Å². The Labute approximate surface area is 118 Å². The van der Waals surface area contributed by atoms with Gasteiger partial charge in [-0.05, 0) is 19.3 Å². The van der Waals surface area contributed by atoms with E-state index in [4.69, 9.17) is 9.84 Å². The molecule has 114 valence electrons. The summed E-state index contributed by atoms with van der Waals surface area (Å²) < 4.78 is 4.91. The van der Waals surface area contributed by atoms with Crippen molar-refractivity contribution in [3.8, 4) is 0 Å². The van der Waals surface area contributed by atoms with Crippen molar-refractivity contribution in [1.82, 2.24) is 15.1 Å². The van der Waals surface area contributed by atoms with Crippen molar-refractivity contribution in [3.05, 3.63) is 0 Å². The second-order valence-corrected chi connectivity index (χ2v) is 5.47. The average molecular weight is 285 g/mol. The third-order valence-corrected chi connectivity index (χ3v) is 3.79. The minimum Gasteiger partial charge on any atom is -0.480 e. The molecule has 2 N–H and O–H groups in total. The van der Waals surface area contributed by atoms with Gasteiger partial charge in [0.15, 0.2) is 0 Å². The average Bonchev–Trinajstić information content (AvgIpc) is 3.15. The van der Waals surface area contributed by atoms with Gasteiger partial charge in [-0.3, -0.25) is 9.69 Å². The van der Waals surface area contributed by atoms with E-state index in [-0.39, 0.29) is 25.2 Å². The Balaban J connectivity index is 1.79. The fourth-order valence-corrected chi connectivity index (χ4v) is 2.56. The smallest absolute Gasteiger partial charge is 0.323 e. The van der Waals surface area contributed by atoms with E-state index in [1.165, 1.54) is 24.9 Å². The zero-order valence-corrected chi connectivity index (χ0v) is 11.9. The highest BCUT2D eigenvalue weighted by Gasteiger charge is 2.35. The molecule has 0 aromatic carbocycles. The number of hydrogen-bond donors (Lipinski definition) is 2. The molecule has 1 aliphatic carbocycles. The maximum absolute atomic E-state index is 12.1. The molecule has 0 bridgehead atoms. The highest BCUT2D eigenvalue weighted by atomic mass is 16.5. The summed E-state index contributed by atoms with van der Waals surface area (Å²) in [5, 5.41) is 11.8. The van der Waals surface area contributed by atoms with E-state index < -0.39 is 5.97 Å². The molecule has 7 heteroatoms. The van der Waals surface area contributed by atoms with Gasteiger partial charge in [-0.15, -0.1) is 0 Å². The highest BCUT2D eigenvalue weighted by molar-refractivity contribution is 5.80. The van der Waals surface area contributed by atoms with Crippen LogP contribution in [0.3, 0.4) is 0 Å². The number of rotatable bonds is 7. The van der Waals surface area contributed by atoms with Gasteiger partial charge in [-0.2, -0.15) is 0 Å². The van der Waals surface area contributed by atoms with Gasteiger partial charge in [-0.25, -0.2) is 4.79 Å². The number of carboxylic acids is 1. The van der Waals surface area contributed by atoms with E-state index in [2.05, 4.69) is 10.2 Å². The van der Waals surface area contributed by atoms with Crippen LogP contribution in [0.5, 0.6) is 0 Å². The molecule has 1 atom stereocenters. The van der Waals surface area contributed by atoms with Crippen molar-refractivity contribution >= 4 is 12.0 Å². The number of carboxylic acid groups (broad SMARTS) is 1. The molecule has 2 aliphatic rings. The highest BCUT2D eigenvalue weighted by Crippen LogP contribution is 2.29. The monoisotopic (exact) mass is 285 g/mol. The molecular formula is C13H23N3O4. The lowest BCUT2D eigenvalue weighted by atomic mass is 10.3. The van der Waals surface area contributed by atoms with Crippen LogP contribution in [0.2, 0.25) is 0 Å². The minimum absolute atomic E-state index is 0.127. The summed E-state index contributed by atoms with van der Waals surface area (Å²) in [6, 6.07) is 0.523. The fourth-order valence-electron chi connectivity index (χ4n) is 2.56. The number of methoxy groups -OCH3 is 1. The first-order valence-corrected chi connectivity index (χ1v) is 7.10. The molecule has 2 rings (SSSR count). The van der Waals surface area contributed by atoms with Gasteiger partial charge >= 0.3 is 12.0 Å². The predicted molar refractivity (Wildman–Crippen MR) is 72.6 cm³/mol. The lowest BCUT2D eigenvalue weighted by Gasteiger charge is -2.23. The van der Waals surface area contributed by atoms with Crippen LogP contribution >= 0.6 is 0 Å². The number of carbonyl (C=O) groups is 2. The van der Waals surface area contributed by atoms with Crippen LogP contribution in [0.15, 0.2) is 0 Å². The molecule has 0 spiro atoms. The Morgan fingerprint density at radius 1 is 1.40 bits per heavy atom. The van der Waals surface area contributed by atoms with E-state index in [1.54, 1.807) is 0 Å². The SMILES string of the molecule is COCCN(CC(=O)O)C(=O)NC1CCN(C2CC2)C1. The van der Waals surface area contributed by atoms with Crippen LogP contribution in [0.25, 0.3) is 0 Å². The quantitative estimate of drug-likeness (QED) is 0.686. The van der Waals surface area contributed by atoms with Crippen LogP contribution in [-0.4, -0.2) is 78.9 Å². The summed E-state index contributed by atoms with van der Waals surface area (Å²) in [6.45, 7) is 2.22. The van der Waals surface area contributed by atoms with Gasteiger partial charge < -0.3 is 20.1 Å². The molecule has 7 nitrogen and oxygen atoms in total. The molecule has 20 heavy (non-hydrogen) atoms. The number of ether oxygens (including phenoxy) is 1. The van der Waals surface area contributed by atoms with Gasteiger partial charge in [-0.1, -0.05) is 0 Å². The van der Waals surface area contributed by atoms with Crippen molar-refractivity contribution in [3.63, 3.8) is 0 Å². The normalized spacial score (nSPS) is 22.8. The summed E-state index contributed by atoms with van der Waals surface area (Å²) in [7, 11) is 1.53. The Bertz CT molecular complexity index is 360. The van der Waals surface area contributed by atoms with Crippen LogP contribution in [0.4, 0.5) is 4.79 Å². The Morgan fingerprint density at radius 2 is 2.15 bits per heavy atom.